The van der Waals surface area contributed by atoms with Gasteiger partial charge in [-0.2, -0.15) is 0 Å². The number of nitrogens with zero attached hydrogens (tertiary/aromatic N) is 1. The number of pyridine rings is 1. The largest absolute Gasteiger partial charge is 0.493 e. The second kappa shape index (κ2) is 7.30. The number of benzene rings is 2. The van der Waals surface area contributed by atoms with Crippen LogP contribution in [0.2, 0.25) is 10.0 Å². The fourth-order valence-electron chi connectivity index (χ4n) is 2.63. The van der Waals surface area contributed by atoms with Gasteiger partial charge in [-0.1, -0.05) is 35.3 Å². The number of hydrogen-bond acceptors (Lipinski definition) is 3. The lowest BCUT2D eigenvalue weighted by Gasteiger charge is -2.14. The first kappa shape index (κ1) is 17.5. The van der Waals surface area contributed by atoms with Gasteiger partial charge in [0.15, 0.2) is 0 Å². The summed E-state index contributed by atoms with van der Waals surface area (Å²) in [6, 6.07) is 10.5. The SMILES string of the molecule is CCOc1c(C)cnc2c(NC(=O)c3c(Cl)cccc3Cl)cccc12. The molecule has 6 heteroatoms. The second-order valence-electron chi connectivity index (χ2n) is 5.46. The Hall–Kier alpha value is -2.30. The molecule has 0 saturated heterocycles. The first-order valence-electron chi connectivity index (χ1n) is 7.79. The number of ether oxygens (including phenoxy) is 1. The van der Waals surface area contributed by atoms with Gasteiger partial charge in [0.2, 0.25) is 0 Å². The van der Waals surface area contributed by atoms with Crippen molar-refractivity contribution in [3.63, 3.8) is 0 Å². The molecular weight excluding hydrogens is 359 g/mol. The topological polar surface area (TPSA) is 51.2 Å². The third-order valence-corrected chi connectivity index (χ3v) is 4.38. The number of carbonyl (C=O) groups is 1. The number of amides is 1. The molecule has 0 aliphatic carbocycles. The fraction of sp³-hybridized carbons (Fsp3) is 0.158. The molecule has 0 unspecified atom stereocenters. The van der Waals surface area contributed by atoms with Crippen LogP contribution in [0.1, 0.15) is 22.8 Å². The standard InChI is InChI=1S/C19H16Cl2N2O2/c1-3-25-18-11(2)10-22-17-12(18)6-4-9-15(17)23-19(24)16-13(20)7-5-8-14(16)21/h4-10H,3H2,1-2H3,(H,23,24). The summed E-state index contributed by atoms with van der Waals surface area (Å²) in [5, 5.41) is 4.27. The van der Waals surface area contributed by atoms with E-state index in [0.29, 0.717) is 27.9 Å². The quantitative estimate of drug-likeness (QED) is 0.655. The Labute approximate surface area is 155 Å². The van der Waals surface area contributed by atoms with Crippen molar-refractivity contribution < 1.29 is 9.53 Å². The highest BCUT2D eigenvalue weighted by molar-refractivity contribution is 6.40. The Balaban J connectivity index is 2.05. The van der Waals surface area contributed by atoms with Gasteiger partial charge in [-0.25, -0.2) is 0 Å². The lowest BCUT2D eigenvalue weighted by atomic mass is 10.1. The van der Waals surface area contributed by atoms with E-state index in [1.54, 1.807) is 30.5 Å². The molecule has 25 heavy (non-hydrogen) atoms. The van der Waals surface area contributed by atoms with Crippen molar-refractivity contribution in [2.75, 3.05) is 11.9 Å². The molecule has 0 radical (unpaired) electrons. The van der Waals surface area contributed by atoms with Gasteiger partial charge in [-0.3, -0.25) is 9.78 Å². The smallest absolute Gasteiger partial charge is 0.258 e. The minimum atomic E-state index is -0.386. The van der Waals surface area contributed by atoms with Gasteiger partial charge in [0.25, 0.3) is 5.91 Å². The van der Waals surface area contributed by atoms with Crippen molar-refractivity contribution in [3.8, 4) is 5.75 Å². The summed E-state index contributed by atoms with van der Waals surface area (Å²) in [6.45, 7) is 4.41. The highest BCUT2D eigenvalue weighted by atomic mass is 35.5. The lowest BCUT2D eigenvalue weighted by Crippen LogP contribution is -2.13. The van der Waals surface area contributed by atoms with Crippen LogP contribution < -0.4 is 10.1 Å². The molecule has 128 valence electrons. The number of para-hydroxylation sites is 1. The number of halogens is 2. The molecule has 0 aliphatic rings. The second-order valence-corrected chi connectivity index (χ2v) is 6.27. The molecule has 0 fully saturated rings. The molecule has 0 atom stereocenters. The number of carbonyl (C=O) groups excluding carboxylic acids is 1. The van der Waals surface area contributed by atoms with Gasteiger partial charge < -0.3 is 10.1 Å². The monoisotopic (exact) mass is 374 g/mol. The van der Waals surface area contributed by atoms with E-state index in [9.17, 15) is 4.79 Å². The van der Waals surface area contributed by atoms with E-state index in [4.69, 9.17) is 27.9 Å². The first-order valence-corrected chi connectivity index (χ1v) is 8.55. The van der Waals surface area contributed by atoms with Gasteiger partial charge >= 0.3 is 0 Å². The zero-order chi connectivity index (χ0) is 18.0. The van der Waals surface area contributed by atoms with Crippen molar-refractivity contribution in [1.82, 2.24) is 4.98 Å². The first-order chi connectivity index (χ1) is 12.0. The number of aromatic nitrogens is 1. The molecule has 0 aliphatic heterocycles. The highest BCUT2D eigenvalue weighted by Crippen LogP contribution is 2.33. The van der Waals surface area contributed by atoms with Gasteiger partial charge in [0.1, 0.15) is 5.75 Å². The Kier molecular flexibility index (Phi) is 5.11. The predicted molar refractivity (Wildman–Crippen MR) is 102 cm³/mol. The van der Waals surface area contributed by atoms with Crippen molar-refractivity contribution in [2.24, 2.45) is 0 Å². The Bertz CT molecular complexity index is 937. The highest BCUT2D eigenvalue weighted by Gasteiger charge is 2.17. The predicted octanol–water partition coefficient (Wildman–Crippen LogP) is 5.50. The van der Waals surface area contributed by atoms with Crippen LogP contribution in [-0.2, 0) is 0 Å². The Morgan fingerprint density at radius 2 is 1.84 bits per heavy atom. The summed E-state index contributed by atoms with van der Waals surface area (Å²) in [5.41, 5.74) is 2.39. The van der Waals surface area contributed by atoms with Crippen LogP contribution in [0.15, 0.2) is 42.6 Å². The minimum Gasteiger partial charge on any atom is -0.493 e. The number of aryl methyl sites for hydroxylation is 1. The van der Waals surface area contributed by atoms with Gasteiger partial charge in [0.05, 0.1) is 33.4 Å². The van der Waals surface area contributed by atoms with E-state index < -0.39 is 0 Å². The average molecular weight is 375 g/mol. The van der Waals surface area contributed by atoms with E-state index in [0.717, 1.165) is 16.7 Å². The molecule has 3 aromatic rings. The molecule has 2 aromatic carbocycles. The summed E-state index contributed by atoms with van der Waals surface area (Å²) >= 11 is 12.2. The van der Waals surface area contributed by atoms with E-state index >= 15 is 0 Å². The Morgan fingerprint density at radius 3 is 2.52 bits per heavy atom. The maximum atomic E-state index is 12.6. The summed E-state index contributed by atoms with van der Waals surface area (Å²) in [4.78, 5) is 17.1. The van der Waals surface area contributed by atoms with Crippen molar-refractivity contribution >= 4 is 45.7 Å². The maximum absolute atomic E-state index is 12.6. The van der Waals surface area contributed by atoms with Crippen LogP contribution in [0.5, 0.6) is 5.75 Å². The van der Waals surface area contributed by atoms with Crippen LogP contribution >= 0.6 is 23.2 Å². The van der Waals surface area contributed by atoms with Crippen LogP contribution in [0, 0.1) is 6.92 Å². The van der Waals surface area contributed by atoms with Crippen molar-refractivity contribution in [1.29, 1.82) is 0 Å². The van der Waals surface area contributed by atoms with Gasteiger partial charge in [-0.05, 0) is 38.1 Å². The van der Waals surface area contributed by atoms with E-state index in [2.05, 4.69) is 10.3 Å². The van der Waals surface area contributed by atoms with Crippen LogP contribution in [-0.4, -0.2) is 17.5 Å². The van der Waals surface area contributed by atoms with E-state index in [-0.39, 0.29) is 11.5 Å². The Morgan fingerprint density at radius 1 is 1.16 bits per heavy atom. The summed E-state index contributed by atoms with van der Waals surface area (Å²) in [5.74, 6) is 0.378. The molecule has 4 nitrogen and oxygen atoms in total. The van der Waals surface area contributed by atoms with Crippen LogP contribution in [0.3, 0.4) is 0 Å². The van der Waals surface area contributed by atoms with E-state index in [1.165, 1.54) is 0 Å². The number of fused-ring (bicyclic) bond motifs is 1. The van der Waals surface area contributed by atoms with Crippen molar-refractivity contribution in [3.05, 3.63) is 63.8 Å². The maximum Gasteiger partial charge on any atom is 0.258 e. The van der Waals surface area contributed by atoms with Gasteiger partial charge in [0, 0.05) is 17.1 Å². The normalized spacial score (nSPS) is 10.7. The molecule has 0 spiro atoms. The fourth-order valence-corrected chi connectivity index (χ4v) is 3.20. The lowest BCUT2D eigenvalue weighted by molar-refractivity contribution is 0.102. The molecule has 3 rings (SSSR count). The molecule has 1 aromatic heterocycles. The molecular formula is C19H16Cl2N2O2. The molecule has 0 bridgehead atoms. The molecule has 1 heterocycles. The molecule has 1 N–H and O–H groups in total. The third-order valence-electron chi connectivity index (χ3n) is 3.75. The van der Waals surface area contributed by atoms with Crippen LogP contribution in [0.4, 0.5) is 5.69 Å². The number of rotatable bonds is 4. The number of hydrogen-bond donors (Lipinski definition) is 1. The number of anilines is 1. The molecule has 1 amide bonds. The summed E-state index contributed by atoms with van der Waals surface area (Å²) in [6.07, 6.45) is 1.73. The van der Waals surface area contributed by atoms with Crippen molar-refractivity contribution in [2.45, 2.75) is 13.8 Å². The summed E-state index contributed by atoms with van der Waals surface area (Å²) < 4.78 is 5.74. The minimum absolute atomic E-state index is 0.236. The zero-order valence-corrected chi connectivity index (χ0v) is 15.3. The summed E-state index contributed by atoms with van der Waals surface area (Å²) in [7, 11) is 0. The number of nitrogens with one attached hydrogen (secondary N) is 1. The van der Waals surface area contributed by atoms with Gasteiger partial charge in [-0.15, -0.1) is 0 Å². The van der Waals surface area contributed by atoms with E-state index in [1.807, 2.05) is 26.0 Å². The van der Waals surface area contributed by atoms with Crippen LogP contribution in [0.25, 0.3) is 10.9 Å². The molecule has 0 saturated carbocycles. The third kappa shape index (κ3) is 3.41. The average Bonchev–Trinajstić information content (AvgIpc) is 2.57. The zero-order valence-electron chi connectivity index (χ0n) is 13.8.